The molecule has 1 aliphatic rings. The Morgan fingerprint density at radius 3 is 2.24 bits per heavy atom. The van der Waals surface area contributed by atoms with Gasteiger partial charge in [0.2, 0.25) is 0 Å². The number of anilines is 2. The molecule has 42 heavy (non-hydrogen) atoms. The molecular weight excluding hydrogens is 556 g/mol. The fourth-order valence-electron chi connectivity index (χ4n) is 4.65. The largest absolute Gasteiger partial charge is 0.494 e. The predicted octanol–water partition coefficient (Wildman–Crippen LogP) is 5.43. The molecule has 0 bridgehead atoms. The summed E-state index contributed by atoms with van der Waals surface area (Å²) in [5.41, 5.74) is 2.41. The Morgan fingerprint density at radius 1 is 1.00 bits per heavy atom. The molecule has 1 aliphatic heterocycles. The summed E-state index contributed by atoms with van der Waals surface area (Å²) in [6.45, 7) is 3.28. The number of piperidine rings is 1. The molecule has 0 spiro atoms. The van der Waals surface area contributed by atoms with Gasteiger partial charge < -0.3 is 25.0 Å². The Kier molecular flexibility index (Phi) is 9.84. The molecule has 1 heterocycles. The Hall–Kier alpha value is -4.81. The topological polar surface area (TPSA) is 121 Å². The Balaban J connectivity index is 1.47. The lowest BCUT2D eigenvalue weighted by atomic mass is 9.96. The van der Waals surface area contributed by atoms with E-state index >= 15 is 0 Å². The highest BCUT2D eigenvalue weighted by Crippen LogP contribution is 2.33. The summed E-state index contributed by atoms with van der Waals surface area (Å²) < 4.78 is 10.5. The second-order valence-electron chi connectivity index (χ2n) is 9.60. The number of likely N-dealkylation sites (tertiary alicyclic amines) is 1. The molecule has 3 aromatic rings. The molecule has 0 saturated carbocycles. The van der Waals surface area contributed by atoms with Crippen LogP contribution in [0, 0.1) is 23.7 Å². The molecule has 9 nitrogen and oxygen atoms in total. The molecule has 0 aliphatic carbocycles. The van der Waals surface area contributed by atoms with Gasteiger partial charge in [0.05, 0.1) is 30.9 Å². The lowest BCUT2D eigenvalue weighted by Crippen LogP contribution is -2.40. The minimum absolute atomic E-state index is 0.110. The van der Waals surface area contributed by atoms with Crippen molar-refractivity contribution in [2.45, 2.75) is 19.8 Å². The van der Waals surface area contributed by atoms with E-state index in [4.69, 9.17) is 32.9 Å². The van der Waals surface area contributed by atoms with Gasteiger partial charge in [-0.25, -0.2) is 0 Å². The van der Waals surface area contributed by atoms with Crippen LogP contribution in [0.4, 0.5) is 11.4 Å². The SMILES string of the molecule is C#Cc1ccc(NC(=O)c2cc(Cl)cc(OC)c2NC(=O)c2ccc(C(=N)N3CCC(C(=O)OCC)CC3)cc2)cc1. The monoisotopic (exact) mass is 586 g/mol. The van der Waals surface area contributed by atoms with Gasteiger partial charge in [0.1, 0.15) is 11.6 Å². The molecule has 4 rings (SSSR count). The van der Waals surface area contributed by atoms with Crippen LogP contribution in [0.2, 0.25) is 5.02 Å². The molecule has 0 atom stereocenters. The van der Waals surface area contributed by atoms with E-state index < -0.39 is 11.8 Å². The third kappa shape index (κ3) is 7.09. The Morgan fingerprint density at radius 2 is 1.64 bits per heavy atom. The molecule has 0 radical (unpaired) electrons. The number of methoxy groups -OCH3 is 1. The van der Waals surface area contributed by atoms with Gasteiger partial charge >= 0.3 is 5.97 Å². The van der Waals surface area contributed by atoms with Crippen molar-refractivity contribution >= 4 is 46.6 Å². The Bertz CT molecular complexity index is 1520. The highest BCUT2D eigenvalue weighted by molar-refractivity contribution is 6.31. The fourth-order valence-corrected chi connectivity index (χ4v) is 4.85. The van der Waals surface area contributed by atoms with Gasteiger partial charge in [0.15, 0.2) is 0 Å². The van der Waals surface area contributed by atoms with E-state index in [0.29, 0.717) is 60.8 Å². The van der Waals surface area contributed by atoms with Crippen LogP contribution in [0.3, 0.4) is 0 Å². The number of carbonyl (C=O) groups is 3. The van der Waals surface area contributed by atoms with Crippen molar-refractivity contribution in [1.29, 1.82) is 5.41 Å². The van der Waals surface area contributed by atoms with Gasteiger partial charge in [0.25, 0.3) is 11.8 Å². The van der Waals surface area contributed by atoms with Crippen molar-refractivity contribution in [1.82, 2.24) is 4.90 Å². The molecule has 10 heteroatoms. The molecule has 2 amide bonds. The molecule has 216 valence electrons. The maximum Gasteiger partial charge on any atom is 0.309 e. The smallest absolute Gasteiger partial charge is 0.309 e. The second kappa shape index (κ2) is 13.7. The van der Waals surface area contributed by atoms with Gasteiger partial charge in [-0.2, -0.15) is 0 Å². The van der Waals surface area contributed by atoms with Crippen molar-refractivity contribution in [3.63, 3.8) is 0 Å². The first-order valence-corrected chi connectivity index (χ1v) is 13.8. The number of amides is 2. The van der Waals surface area contributed by atoms with Crippen LogP contribution in [-0.2, 0) is 9.53 Å². The number of rotatable bonds is 8. The number of esters is 1. The number of amidine groups is 1. The van der Waals surface area contributed by atoms with Crippen LogP contribution in [0.5, 0.6) is 5.75 Å². The third-order valence-corrected chi connectivity index (χ3v) is 7.15. The standard InChI is InChI=1S/C32H31ClN4O5/c1-4-20-6-12-25(13-7-20)35-31(39)26-18-24(33)19-27(41-3)28(26)36-30(38)22-10-8-21(9-11-22)29(34)37-16-14-23(15-17-37)32(40)42-5-2/h1,6-13,18-19,23,34H,5,14-17H2,2-3H3,(H,35,39)(H,36,38). The Labute approximate surface area is 249 Å². The number of terminal acetylenes is 1. The normalized spacial score (nSPS) is 13.0. The molecular formula is C32H31ClN4O5. The van der Waals surface area contributed by atoms with Crippen LogP contribution >= 0.6 is 11.6 Å². The summed E-state index contributed by atoms with van der Waals surface area (Å²) in [5, 5.41) is 14.4. The zero-order chi connectivity index (χ0) is 30.2. The summed E-state index contributed by atoms with van der Waals surface area (Å²) in [6.07, 6.45) is 6.64. The molecule has 0 aromatic heterocycles. The first-order chi connectivity index (χ1) is 20.2. The lowest BCUT2D eigenvalue weighted by Gasteiger charge is -2.32. The van der Waals surface area contributed by atoms with Crippen LogP contribution in [0.15, 0.2) is 60.7 Å². The van der Waals surface area contributed by atoms with Gasteiger partial charge in [-0.15, -0.1) is 6.42 Å². The van der Waals surface area contributed by atoms with Crippen molar-refractivity contribution in [2.24, 2.45) is 5.92 Å². The lowest BCUT2D eigenvalue weighted by molar-refractivity contribution is -0.149. The van der Waals surface area contributed by atoms with E-state index in [1.165, 1.54) is 19.2 Å². The minimum Gasteiger partial charge on any atom is -0.494 e. The van der Waals surface area contributed by atoms with E-state index in [1.807, 2.05) is 4.90 Å². The van der Waals surface area contributed by atoms with Gasteiger partial charge in [-0.3, -0.25) is 19.8 Å². The number of carbonyl (C=O) groups excluding carboxylic acids is 3. The first-order valence-electron chi connectivity index (χ1n) is 13.4. The molecule has 0 unspecified atom stereocenters. The number of nitrogens with zero attached hydrogens (tertiary/aromatic N) is 1. The highest BCUT2D eigenvalue weighted by atomic mass is 35.5. The average molecular weight is 587 g/mol. The van der Waals surface area contributed by atoms with Crippen molar-refractivity contribution in [3.05, 3.63) is 87.9 Å². The van der Waals surface area contributed by atoms with Gasteiger partial charge in [0, 0.05) is 46.6 Å². The molecule has 3 aromatic carbocycles. The fraction of sp³-hybridized carbons (Fsp3) is 0.250. The van der Waals surface area contributed by atoms with Crippen LogP contribution in [0.25, 0.3) is 0 Å². The molecule has 1 fully saturated rings. The van der Waals surface area contributed by atoms with E-state index in [9.17, 15) is 14.4 Å². The summed E-state index contributed by atoms with van der Waals surface area (Å²) >= 11 is 6.25. The number of hydrogen-bond acceptors (Lipinski definition) is 6. The summed E-state index contributed by atoms with van der Waals surface area (Å²) in [5.74, 6) is 1.74. The first kappa shape index (κ1) is 30.2. The number of benzene rings is 3. The van der Waals surface area contributed by atoms with Gasteiger partial charge in [-0.05, 0) is 62.2 Å². The van der Waals surface area contributed by atoms with Crippen molar-refractivity contribution in [3.8, 4) is 18.1 Å². The van der Waals surface area contributed by atoms with Gasteiger partial charge in [-0.1, -0.05) is 29.7 Å². The van der Waals surface area contributed by atoms with Crippen molar-refractivity contribution < 1.29 is 23.9 Å². The van der Waals surface area contributed by atoms with Crippen LogP contribution < -0.4 is 15.4 Å². The quantitative estimate of drug-likeness (QED) is 0.140. The highest BCUT2D eigenvalue weighted by Gasteiger charge is 2.27. The van der Waals surface area contributed by atoms with Crippen LogP contribution in [0.1, 0.15) is 51.6 Å². The maximum atomic E-state index is 13.2. The summed E-state index contributed by atoms with van der Waals surface area (Å²) in [4.78, 5) is 40.4. The van der Waals surface area contributed by atoms with E-state index in [0.717, 1.165) is 0 Å². The molecule has 3 N–H and O–H groups in total. The van der Waals surface area contributed by atoms with E-state index in [2.05, 4.69) is 16.6 Å². The van der Waals surface area contributed by atoms with Crippen molar-refractivity contribution in [2.75, 3.05) is 37.4 Å². The number of nitrogens with one attached hydrogen (secondary N) is 3. The summed E-state index contributed by atoms with van der Waals surface area (Å²) in [6, 6.07) is 16.3. The zero-order valence-corrected chi connectivity index (χ0v) is 24.1. The number of halogens is 1. The predicted molar refractivity (Wildman–Crippen MR) is 162 cm³/mol. The van der Waals surface area contributed by atoms with Crippen LogP contribution in [-0.4, -0.2) is 55.3 Å². The molecule has 1 saturated heterocycles. The number of ether oxygens (including phenoxy) is 2. The summed E-state index contributed by atoms with van der Waals surface area (Å²) in [7, 11) is 1.41. The number of hydrogen-bond donors (Lipinski definition) is 3. The minimum atomic E-state index is -0.505. The average Bonchev–Trinajstić information content (AvgIpc) is 3.01. The van der Waals surface area contributed by atoms with E-state index in [-0.39, 0.29) is 33.9 Å². The van der Waals surface area contributed by atoms with E-state index in [1.54, 1.807) is 55.5 Å². The second-order valence-corrected chi connectivity index (χ2v) is 10.0. The zero-order valence-electron chi connectivity index (χ0n) is 23.3. The maximum absolute atomic E-state index is 13.2. The third-order valence-electron chi connectivity index (χ3n) is 6.93.